The van der Waals surface area contributed by atoms with Gasteiger partial charge in [-0.15, -0.1) is 0 Å². The third-order valence-corrected chi connectivity index (χ3v) is 4.08. The summed E-state index contributed by atoms with van der Waals surface area (Å²) >= 11 is 0. The van der Waals surface area contributed by atoms with E-state index in [-0.39, 0.29) is 0 Å². The van der Waals surface area contributed by atoms with Crippen molar-refractivity contribution < 1.29 is 9.90 Å². The Morgan fingerprint density at radius 1 is 1.08 bits per heavy atom. The van der Waals surface area contributed by atoms with Gasteiger partial charge in [0, 0.05) is 16.7 Å². The summed E-state index contributed by atoms with van der Waals surface area (Å²) in [5.74, 6) is -0.891. The molecule has 0 aliphatic carbocycles. The summed E-state index contributed by atoms with van der Waals surface area (Å²) < 4.78 is 1.92. The SMILES string of the molecule is CCC(=Cc1cnn(Cc2ccccc2)c1-c1ccccc1)C(=O)O. The molecule has 4 nitrogen and oxygen atoms in total. The van der Waals surface area contributed by atoms with E-state index in [0.29, 0.717) is 18.5 Å². The fourth-order valence-corrected chi connectivity index (χ4v) is 2.80. The minimum atomic E-state index is -0.891. The molecule has 0 saturated heterocycles. The predicted molar refractivity (Wildman–Crippen MR) is 99.1 cm³/mol. The molecule has 0 unspecified atom stereocenters. The van der Waals surface area contributed by atoms with Gasteiger partial charge in [-0.25, -0.2) is 4.79 Å². The van der Waals surface area contributed by atoms with Crippen LogP contribution in [-0.2, 0) is 11.3 Å². The Bertz CT molecular complexity index is 881. The molecule has 4 heteroatoms. The highest BCUT2D eigenvalue weighted by atomic mass is 16.4. The van der Waals surface area contributed by atoms with Crippen LogP contribution in [0.2, 0.25) is 0 Å². The van der Waals surface area contributed by atoms with Gasteiger partial charge in [0.1, 0.15) is 0 Å². The zero-order valence-electron chi connectivity index (χ0n) is 14.1. The molecular formula is C21H20N2O2. The molecule has 3 aromatic rings. The van der Waals surface area contributed by atoms with Crippen molar-refractivity contribution in [3.8, 4) is 11.3 Å². The van der Waals surface area contributed by atoms with Crippen LogP contribution in [0.3, 0.4) is 0 Å². The number of hydrogen-bond donors (Lipinski definition) is 1. The van der Waals surface area contributed by atoms with Crippen molar-refractivity contribution in [1.29, 1.82) is 0 Å². The Labute approximate surface area is 147 Å². The zero-order chi connectivity index (χ0) is 17.6. The Morgan fingerprint density at radius 2 is 1.72 bits per heavy atom. The maximum absolute atomic E-state index is 11.4. The largest absolute Gasteiger partial charge is 0.478 e. The van der Waals surface area contributed by atoms with Gasteiger partial charge in [-0.3, -0.25) is 4.68 Å². The van der Waals surface area contributed by atoms with Gasteiger partial charge in [0.2, 0.25) is 0 Å². The quantitative estimate of drug-likeness (QED) is 0.677. The van der Waals surface area contributed by atoms with E-state index in [1.54, 1.807) is 12.3 Å². The Kier molecular flexibility index (Phi) is 5.09. The molecule has 0 aliphatic rings. The van der Waals surface area contributed by atoms with Crippen LogP contribution in [0, 0.1) is 0 Å². The first-order valence-corrected chi connectivity index (χ1v) is 8.28. The lowest BCUT2D eigenvalue weighted by Gasteiger charge is -2.10. The van der Waals surface area contributed by atoms with Gasteiger partial charge >= 0.3 is 5.97 Å². The van der Waals surface area contributed by atoms with Crippen LogP contribution in [0.15, 0.2) is 72.4 Å². The molecule has 25 heavy (non-hydrogen) atoms. The van der Waals surface area contributed by atoms with E-state index in [1.807, 2.05) is 60.1 Å². The summed E-state index contributed by atoms with van der Waals surface area (Å²) in [7, 11) is 0. The van der Waals surface area contributed by atoms with Crippen LogP contribution in [0.1, 0.15) is 24.5 Å². The van der Waals surface area contributed by atoms with E-state index < -0.39 is 5.97 Å². The second-order valence-electron chi connectivity index (χ2n) is 5.79. The monoisotopic (exact) mass is 332 g/mol. The second kappa shape index (κ2) is 7.62. The highest BCUT2D eigenvalue weighted by Crippen LogP contribution is 2.27. The molecule has 3 rings (SSSR count). The summed E-state index contributed by atoms with van der Waals surface area (Å²) in [5.41, 5.74) is 4.28. The molecule has 1 N–H and O–H groups in total. The van der Waals surface area contributed by atoms with Crippen molar-refractivity contribution in [1.82, 2.24) is 9.78 Å². The number of rotatable bonds is 6. The smallest absolute Gasteiger partial charge is 0.331 e. The number of carboxylic acids is 1. The van der Waals surface area contributed by atoms with Gasteiger partial charge in [0.25, 0.3) is 0 Å². The summed E-state index contributed by atoms with van der Waals surface area (Å²) in [6.07, 6.45) is 3.93. The van der Waals surface area contributed by atoms with Gasteiger partial charge in [-0.05, 0) is 18.1 Å². The molecule has 0 saturated carbocycles. The molecule has 1 aromatic heterocycles. The summed E-state index contributed by atoms with van der Waals surface area (Å²) in [5, 5.41) is 13.9. The first-order valence-electron chi connectivity index (χ1n) is 8.28. The van der Waals surface area contributed by atoms with Crippen LogP contribution in [-0.4, -0.2) is 20.9 Å². The molecule has 0 spiro atoms. The van der Waals surface area contributed by atoms with E-state index in [0.717, 1.165) is 22.4 Å². The minimum absolute atomic E-state index is 0.372. The lowest BCUT2D eigenvalue weighted by molar-refractivity contribution is -0.132. The molecule has 1 heterocycles. The number of hydrogen-bond acceptors (Lipinski definition) is 2. The van der Waals surface area contributed by atoms with Crippen molar-refractivity contribution in [2.75, 3.05) is 0 Å². The maximum atomic E-state index is 11.4. The van der Waals surface area contributed by atoms with Gasteiger partial charge in [-0.1, -0.05) is 67.6 Å². The standard InChI is InChI=1S/C21H20N2O2/c1-2-17(21(24)25)13-19-14-22-23(15-16-9-5-3-6-10-16)20(19)18-11-7-4-8-12-18/h3-14H,2,15H2,1H3,(H,24,25). The number of carboxylic acid groups (broad SMARTS) is 1. The lowest BCUT2D eigenvalue weighted by Crippen LogP contribution is -2.04. The fourth-order valence-electron chi connectivity index (χ4n) is 2.80. The molecule has 2 aromatic carbocycles. The molecule has 0 amide bonds. The Morgan fingerprint density at radius 3 is 2.32 bits per heavy atom. The van der Waals surface area contributed by atoms with Crippen molar-refractivity contribution in [2.24, 2.45) is 0 Å². The van der Waals surface area contributed by atoms with E-state index >= 15 is 0 Å². The number of nitrogens with zero attached hydrogens (tertiary/aromatic N) is 2. The van der Waals surface area contributed by atoms with Crippen LogP contribution in [0.4, 0.5) is 0 Å². The van der Waals surface area contributed by atoms with Gasteiger partial charge in [0.15, 0.2) is 0 Å². The van der Waals surface area contributed by atoms with Crippen LogP contribution in [0.25, 0.3) is 17.3 Å². The molecule has 0 bridgehead atoms. The van der Waals surface area contributed by atoms with Crippen LogP contribution >= 0.6 is 0 Å². The summed E-state index contributed by atoms with van der Waals surface area (Å²) in [4.78, 5) is 11.4. The van der Waals surface area contributed by atoms with Gasteiger partial charge in [-0.2, -0.15) is 5.10 Å². The average Bonchev–Trinajstić information content (AvgIpc) is 3.03. The minimum Gasteiger partial charge on any atom is -0.478 e. The molecule has 0 radical (unpaired) electrons. The van der Waals surface area contributed by atoms with E-state index in [1.165, 1.54) is 0 Å². The Balaban J connectivity index is 2.09. The third-order valence-electron chi connectivity index (χ3n) is 4.08. The predicted octanol–water partition coefficient (Wildman–Crippen LogP) is 4.48. The molecule has 0 atom stereocenters. The topological polar surface area (TPSA) is 55.1 Å². The number of aromatic nitrogens is 2. The van der Waals surface area contributed by atoms with Crippen molar-refractivity contribution in [3.05, 3.63) is 83.6 Å². The van der Waals surface area contributed by atoms with E-state index in [4.69, 9.17) is 0 Å². The zero-order valence-corrected chi connectivity index (χ0v) is 14.1. The number of carbonyl (C=O) groups is 1. The number of aliphatic carboxylic acids is 1. The molecule has 0 fully saturated rings. The lowest BCUT2D eigenvalue weighted by atomic mass is 10.0. The van der Waals surface area contributed by atoms with Crippen molar-refractivity contribution in [2.45, 2.75) is 19.9 Å². The highest BCUT2D eigenvalue weighted by molar-refractivity contribution is 5.93. The fraction of sp³-hybridized carbons (Fsp3) is 0.143. The maximum Gasteiger partial charge on any atom is 0.331 e. The van der Waals surface area contributed by atoms with Gasteiger partial charge in [0.05, 0.1) is 18.4 Å². The van der Waals surface area contributed by atoms with Gasteiger partial charge < -0.3 is 5.11 Å². The summed E-state index contributed by atoms with van der Waals surface area (Å²) in [6, 6.07) is 20.0. The highest BCUT2D eigenvalue weighted by Gasteiger charge is 2.14. The molecule has 126 valence electrons. The van der Waals surface area contributed by atoms with Crippen LogP contribution < -0.4 is 0 Å². The van der Waals surface area contributed by atoms with Crippen molar-refractivity contribution in [3.63, 3.8) is 0 Å². The number of benzene rings is 2. The first-order chi connectivity index (χ1) is 12.2. The van der Waals surface area contributed by atoms with E-state index in [9.17, 15) is 9.90 Å². The second-order valence-corrected chi connectivity index (χ2v) is 5.79. The third kappa shape index (κ3) is 3.86. The first kappa shape index (κ1) is 16.7. The molecular weight excluding hydrogens is 312 g/mol. The average molecular weight is 332 g/mol. The molecule has 0 aliphatic heterocycles. The Hall–Kier alpha value is -3.14. The summed E-state index contributed by atoms with van der Waals surface area (Å²) in [6.45, 7) is 2.48. The van der Waals surface area contributed by atoms with Crippen LogP contribution in [0.5, 0.6) is 0 Å². The van der Waals surface area contributed by atoms with Crippen molar-refractivity contribution >= 4 is 12.0 Å². The normalized spacial score (nSPS) is 11.5. The van der Waals surface area contributed by atoms with E-state index in [2.05, 4.69) is 17.2 Å².